The topological polar surface area (TPSA) is 66.4 Å². The molecule has 0 heterocycles. The average Bonchev–Trinajstić information content (AvgIpc) is 2.37. The van der Waals surface area contributed by atoms with Gasteiger partial charge in [-0.15, -0.1) is 0 Å². The lowest BCUT2D eigenvalue weighted by atomic mass is 10.0. The Morgan fingerprint density at radius 1 is 1.26 bits per heavy atom. The summed E-state index contributed by atoms with van der Waals surface area (Å²) in [6.07, 6.45) is 1.01. The number of aliphatic carboxylic acids is 1. The number of nitrogens with one attached hydrogen (secondary N) is 1. The predicted molar refractivity (Wildman–Crippen MR) is 76.9 cm³/mol. The highest BCUT2D eigenvalue weighted by atomic mass is 79.9. The summed E-state index contributed by atoms with van der Waals surface area (Å²) in [6, 6.07) is 7.42. The predicted octanol–water partition coefficient (Wildman–Crippen LogP) is 2.61. The first-order chi connectivity index (χ1) is 8.90. The summed E-state index contributed by atoms with van der Waals surface area (Å²) in [4.78, 5) is 22.5. The molecule has 0 aliphatic heterocycles. The Labute approximate surface area is 121 Å². The maximum atomic E-state index is 11.7. The Hall–Kier alpha value is -1.36. The number of halogens is 1. The molecule has 0 aromatic heterocycles. The number of aryl methyl sites for hydroxylation is 1. The number of benzene rings is 1. The SMILES string of the molecule is CC(NC(=O)CCc1ccc(Br)cc1)C(C)C(=O)O. The van der Waals surface area contributed by atoms with Crippen LogP contribution in [0.5, 0.6) is 0 Å². The maximum absolute atomic E-state index is 11.7. The minimum absolute atomic E-state index is 0.122. The Kier molecular flexibility index (Phi) is 6.02. The van der Waals surface area contributed by atoms with E-state index in [9.17, 15) is 9.59 Å². The molecule has 104 valence electrons. The Morgan fingerprint density at radius 2 is 1.84 bits per heavy atom. The Balaban J connectivity index is 2.39. The molecule has 0 saturated carbocycles. The van der Waals surface area contributed by atoms with Crippen molar-refractivity contribution in [2.75, 3.05) is 0 Å². The monoisotopic (exact) mass is 327 g/mol. The van der Waals surface area contributed by atoms with Crippen LogP contribution < -0.4 is 5.32 Å². The van der Waals surface area contributed by atoms with Gasteiger partial charge in [0, 0.05) is 16.9 Å². The van der Waals surface area contributed by atoms with Gasteiger partial charge in [0.05, 0.1) is 5.92 Å². The van der Waals surface area contributed by atoms with Gasteiger partial charge in [0.2, 0.25) is 5.91 Å². The van der Waals surface area contributed by atoms with Crippen LogP contribution in [0.4, 0.5) is 0 Å². The van der Waals surface area contributed by atoms with E-state index in [4.69, 9.17) is 5.11 Å². The largest absolute Gasteiger partial charge is 0.481 e. The number of amides is 1. The van der Waals surface area contributed by atoms with Gasteiger partial charge in [-0.25, -0.2) is 0 Å². The smallest absolute Gasteiger partial charge is 0.308 e. The van der Waals surface area contributed by atoms with Crippen molar-refractivity contribution in [2.24, 2.45) is 5.92 Å². The number of carboxylic acids is 1. The van der Waals surface area contributed by atoms with E-state index in [0.717, 1.165) is 10.0 Å². The van der Waals surface area contributed by atoms with Gasteiger partial charge in [0.25, 0.3) is 0 Å². The van der Waals surface area contributed by atoms with Crippen LogP contribution in [0.15, 0.2) is 28.7 Å². The molecule has 19 heavy (non-hydrogen) atoms. The van der Waals surface area contributed by atoms with Crippen molar-refractivity contribution in [3.8, 4) is 0 Å². The zero-order valence-electron chi connectivity index (χ0n) is 11.0. The molecule has 0 spiro atoms. The van der Waals surface area contributed by atoms with Crippen molar-refractivity contribution < 1.29 is 14.7 Å². The molecule has 2 atom stereocenters. The van der Waals surface area contributed by atoms with Crippen LogP contribution in [0, 0.1) is 5.92 Å². The Bertz CT molecular complexity index is 445. The average molecular weight is 328 g/mol. The zero-order valence-corrected chi connectivity index (χ0v) is 12.6. The maximum Gasteiger partial charge on any atom is 0.308 e. The summed E-state index contributed by atoms with van der Waals surface area (Å²) in [6.45, 7) is 3.29. The molecule has 2 unspecified atom stereocenters. The molecule has 0 saturated heterocycles. The molecule has 0 bridgehead atoms. The van der Waals surface area contributed by atoms with Crippen LogP contribution in [0.25, 0.3) is 0 Å². The van der Waals surface area contributed by atoms with Crippen molar-refractivity contribution in [1.82, 2.24) is 5.32 Å². The second-order valence-corrected chi connectivity index (χ2v) is 5.53. The van der Waals surface area contributed by atoms with Gasteiger partial charge in [-0.3, -0.25) is 9.59 Å². The summed E-state index contributed by atoms with van der Waals surface area (Å²) in [5.41, 5.74) is 1.08. The zero-order chi connectivity index (χ0) is 14.4. The first-order valence-corrected chi connectivity index (χ1v) is 6.96. The molecular formula is C14H18BrNO3. The third-order valence-corrected chi connectivity index (χ3v) is 3.61. The normalized spacial score (nSPS) is 13.6. The summed E-state index contributed by atoms with van der Waals surface area (Å²) in [5.74, 6) is -1.61. The second kappa shape index (κ2) is 7.28. The lowest BCUT2D eigenvalue weighted by Crippen LogP contribution is -2.40. The van der Waals surface area contributed by atoms with Crippen molar-refractivity contribution in [3.05, 3.63) is 34.3 Å². The first-order valence-electron chi connectivity index (χ1n) is 6.16. The van der Waals surface area contributed by atoms with Gasteiger partial charge < -0.3 is 10.4 Å². The molecule has 0 aliphatic rings. The molecule has 4 nitrogen and oxygen atoms in total. The third-order valence-electron chi connectivity index (χ3n) is 3.08. The van der Waals surface area contributed by atoms with E-state index < -0.39 is 11.9 Å². The standard InChI is InChI=1S/C14H18BrNO3/c1-9(14(18)19)10(2)16-13(17)8-5-11-3-6-12(15)7-4-11/h3-4,6-7,9-10H,5,8H2,1-2H3,(H,16,17)(H,18,19). The third kappa shape index (κ3) is 5.42. The number of carbonyl (C=O) groups is 2. The van der Waals surface area contributed by atoms with E-state index >= 15 is 0 Å². The molecule has 0 radical (unpaired) electrons. The molecule has 1 amide bonds. The van der Waals surface area contributed by atoms with Crippen molar-refractivity contribution in [2.45, 2.75) is 32.7 Å². The van der Waals surface area contributed by atoms with Crippen LogP contribution in [-0.4, -0.2) is 23.0 Å². The number of rotatable bonds is 6. The fourth-order valence-corrected chi connectivity index (χ4v) is 1.84. The molecule has 1 rings (SSSR count). The van der Waals surface area contributed by atoms with E-state index in [1.54, 1.807) is 13.8 Å². The lowest BCUT2D eigenvalue weighted by molar-refractivity contribution is -0.142. The van der Waals surface area contributed by atoms with Crippen LogP contribution in [0.3, 0.4) is 0 Å². The van der Waals surface area contributed by atoms with Crippen molar-refractivity contribution >= 4 is 27.8 Å². The number of carboxylic acid groups (broad SMARTS) is 1. The fraction of sp³-hybridized carbons (Fsp3) is 0.429. The number of carbonyl (C=O) groups excluding carboxylic acids is 1. The van der Waals surface area contributed by atoms with Crippen molar-refractivity contribution in [1.29, 1.82) is 0 Å². The van der Waals surface area contributed by atoms with Crippen LogP contribution in [-0.2, 0) is 16.0 Å². The summed E-state index contributed by atoms with van der Waals surface area (Å²) < 4.78 is 1.00. The molecule has 5 heteroatoms. The number of hydrogen-bond donors (Lipinski definition) is 2. The summed E-state index contributed by atoms with van der Waals surface area (Å²) in [7, 11) is 0. The minimum atomic E-state index is -0.902. The molecule has 1 aromatic rings. The molecular weight excluding hydrogens is 310 g/mol. The van der Waals surface area contributed by atoms with Crippen LogP contribution in [0.2, 0.25) is 0 Å². The lowest BCUT2D eigenvalue weighted by Gasteiger charge is -2.17. The van der Waals surface area contributed by atoms with E-state index in [1.165, 1.54) is 0 Å². The quantitative estimate of drug-likeness (QED) is 0.844. The summed E-state index contributed by atoms with van der Waals surface area (Å²) >= 11 is 3.35. The van der Waals surface area contributed by atoms with E-state index in [2.05, 4.69) is 21.2 Å². The summed E-state index contributed by atoms with van der Waals surface area (Å²) in [5, 5.41) is 11.6. The fourth-order valence-electron chi connectivity index (χ4n) is 1.57. The molecule has 0 aliphatic carbocycles. The molecule has 1 aromatic carbocycles. The highest BCUT2D eigenvalue weighted by Crippen LogP contribution is 2.12. The molecule has 0 fully saturated rings. The van der Waals surface area contributed by atoms with Crippen LogP contribution >= 0.6 is 15.9 Å². The Morgan fingerprint density at radius 3 is 2.37 bits per heavy atom. The minimum Gasteiger partial charge on any atom is -0.481 e. The van der Waals surface area contributed by atoms with Gasteiger partial charge in [0.15, 0.2) is 0 Å². The van der Waals surface area contributed by atoms with Crippen molar-refractivity contribution in [3.63, 3.8) is 0 Å². The van der Waals surface area contributed by atoms with Gasteiger partial charge in [-0.1, -0.05) is 28.1 Å². The van der Waals surface area contributed by atoms with Gasteiger partial charge >= 0.3 is 5.97 Å². The van der Waals surface area contributed by atoms with Gasteiger partial charge in [-0.05, 0) is 38.0 Å². The highest BCUT2D eigenvalue weighted by molar-refractivity contribution is 9.10. The van der Waals surface area contributed by atoms with E-state index in [-0.39, 0.29) is 11.9 Å². The highest BCUT2D eigenvalue weighted by Gasteiger charge is 2.20. The van der Waals surface area contributed by atoms with Crippen LogP contribution in [0.1, 0.15) is 25.8 Å². The van der Waals surface area contributed by atoms with Gasteiger partial charge in [0.1, 0.15) is 0 Å². The van der Waals surface area contributed by atoms with Gasteiger partial charge in [-0.2, -0.15) is 0 Å². The molecule has 2 N–H and O–H groups in total. The van der Waals surface area contributed by atoms with E-state index in [0.29, 0.717) is 12.8 Å². The van der Waals surface area contributed by atoms with E-state index in [1.807, 2.05) is 24.3 Å². The first kappa shape index (κ1) is 15.7. The number of hydrogen-bond acceptors (Lipinski definition) is 2. The second-order valence-electron chi connectivity index (χ2n) is 4.61.